The Bertz CT molecular complexity index is 1230. The second-order valence-corrected chi connectivity index (χ2v) is 7.62. The Labute approximate surface area is 178 Å². The van der Waals surface area contributed by atoms with Gasteiger partial charge in [0, 0.05) is 5.69 Å². The molecule has 0 aliphatic carbocycles. The summed E-state index contributed by atoms with van der Waals surface area (Å²) in [5.74, 6) is 0.108. The van der Waals surface area contributed by atoms with Gasteiger partial charge in [0.25, 0.3) is 5.91 Å². The number of carbonyl (C=O) groups excluding carboxylic acids is 1. The van der Waals surface area contributed by atoms with Crippen molar-refractivity contribution in [2.75, 3.05) is 5.32 Å². The molecule has 0 saturated heterocycles. The van der Waals surface area contributed by atoms with E-state index in [1.165, 1.54) is 5.56 Å². The number of nitrogens with one attached hydrogen (secondary N) is 1. The number of amides is 1. The van der Waals surface area contributed by atoms with Crippen LogP contribution < -0.4 is 5.32 Å². The molecule has 1 aromatic heterocycles. The van der Waals surface area contributed by atoms with E-state index in [9.17, 15) is 4.79 Å². The standard InChI is InChI=1S/C23H18Cl2N2O2/c1-3-14-5-9-21-20(11-14)27-23(29-21)17-12-15(6-8-18(17)24)26-22(28)16-7-4-13(2)10-19(16)25/h4-12H,3H2,1-2H3,(H,26,28). The molecule has 0 saturated carbocycles. The van der Waals surface area contributed by atoms with Gasteiger partial charge in [-0.1, -0.05) is 42.3 Å². The summed E-state index contributed by atoms with van der Waals surface area (Å²) in [5.41, 5.74) is 5.21. The van der Waals surface area contributed by atoms with E-state index in [1.807, 2.05) is 31.2 Å². The molecule has 0 fully saturated rings. The van der Waals surface area contributed by atoms with E-state index in [2.05, 4.69) is 17.2 Å². The minimum atomic E-state index is -0.298. The van der Waals surface area contributed by atoms with E-state index in [1.54, 1.807) is 30.3 Å². The maximum Gasteiger partial charge on any atom is 0.257 e. The van der Waals surface area contributed by atoms with Crippen molar-refractivity contribution in [2.24, 2.45) is 0 Å². The lowest BCUT2D eigenvalue weighted by Crippen LogP contribution is -2.12. The molecule has 0 spiro atoms. The summed E-state index contributed by atoms with van der Waals surface area (Å²) in [6, 6.07) is 16.4. The molecule has 1 N–H and O–H groups in total. The van der Waals surface area contributed by atoms with Crippen LogP contribution in [0.3, 0.4) is 0 Å². The highest BCUT2D eigenvalue weighted by Gasteiger charge is 2.15. The van der Waals surface area contributed by atoms with Crippen LogP contribution in [0.5, 0.6) is 0 Å². The Hall–Kier alpha value is -2.82. The van der Waals surface area contributed by atoms with Crippen LogP contribution in [-0.2, 0) is 6.42 Å². The van der Waals surface area contributed by atoms with Gasteiger partial charge < -0.3 is 9.73 Å². The quantitative estimate of drug-likeness (QED) is 0.386. The number of aryl methyl sites for hydroxylation is 2. The van der Waals surface area contributed by atoms with Gasteiger partial charge in [-0.05, 0) is 66.9 Å². The average Bonchev–Trinajstić information content (AvgIpc) is 3.12. The smallest absolute Gasteiger partial charge is 0.257 e. The SMILES string of the molecule is CCc1ccc2oc(-c3cc(NC(=O)c4ccc(C)cc4Cl)ccc3Cl)nc2c1. The number of rotatable bonds is 4. The number of hydrogen-bond acceptors (Lipinski definition) is 3. The number of benzene rings is 3. The molecule has 4 rings (SSSR count). The molecule has 1 amide bonds. The summed E-state index contributed by atoms with van der Waals surface area (Å²) < 4.78 is 5.88. The number of oxazole rings is 1. The van der Waals surface area contributed by atoms with Crippen molar-refractivity contribution in [3.63, 3.8) is 0 Å². The third kappa shape index (κ3) is 4.00. The van der Waals surface area contributed by atoms with Gasteiger partial charge in [0.15, 0.2) is 5.58 Å². The van der Waals surface area contributed by atoms with Gasteiger partial charge in [0.2, 0.25) is 5.89 Å². The number of halogens is 2. The monoisotopic (exact) mass is 424 g/mol. The van der Waals surface area contributed by atoms with Crippen LogP contribution in [-0.4, -0.2) is 10.9 Å². The molecule has 29 heavy (non-hydrogen) atoms. The first-order valence-corrected chi connectivity index (χ1v) is 9.97. The van der Waals surface area contributed by atoms with Gasteiger partial charge in [0.1, 0.15) is 5.52 Å². The van der Waals surface area contributed by atoms with E-state index < -0.39 is 0 Å². The highest BCUT2D eigenvalue weighted by atomic mass is 35.5. The van der Waals surface area contributed by atoms with Crippen molar-refractivity contribution in [3.8, 4) is 11.5 Å². The summed E-state index contributed by atoms with van der Waals surface area (Å²) >= 11 is 12.6. The van der Waals surface area contributed by atoms with Gasteiger partial charge in [-0.15, -0.1) is 0 Å². The van der Waals surface area contributed by atoms with Gasteiger partial charge in [-0.2, -0.15) is 0 Å². The van der Waals surface area contributed by atoms with E-state index in [-0.39, 0.29) is 5.91 Å². The average molecular weight is 425 g/mol. The number of fused-ring (bicyclic) bond motifs is 1. The Morgan fingerprint density at radius 3 is 2.62 bits per heavy atom. The molecule has 146 valence electrons. The van der Waals surface area contributed by atoms with E-state index in [4.69, 9.17) is 27.6 Å². The van der Waals surface area contributed by atoms with Gasteiger partial charge in [-0.3, -0.25) is 4.79 Å². The predicted octanol–water partition coefficient (Wildman–Crippen LogP) is 6.92. The number of hydrogen-bond donors (Lipinski definition) is 1. The first-order chi connectivity index (χ1) is 13.9. The minimum Gasteiger partial charge on any atom is -0.436 e. The predicted molar refractivity (Wildman–Crippen MR) is 118 cm³/mol. The van der Waals surface area contributed by atoms with Crippen LogP contribution in [0.1, 0.15) is 28.4 Å². The summed E-state index contributed by atoms with van der Waals surface area (Å²) in [6.07, 6.45) is 0.919. The fraction of sp³-hybridized carbons (Fsp3) is 0.130. The maximum absolute atomic E-state index is 12.6. The van der Waals surface area contributed by atoms with E-state index in [0.29, 0.717) is 38.3 Å². The second kappa shape index (κ2) is 7.90. The molecule has 1 heterocycles. The number of carbonyl (C=O) groups is 1. The van der Waals surface area contributed by atoms with Gasteiger partial charge >= 0.3 is 0 Å². The maximum atomic E-state index is 12.6. The second-order valence-electron chi connectivity index (χ2n) is 6.81. The lowest BCUT2D eigenvalue weighted by molar-refractivity contribution is 0.102. The van der Waals surface area contributed by atoms with Crippen LogP contribution in [0, 0.1) is 6.92 Å². The number of aromatic nitrogens is 1. The van der Waals surface area contributed by atoms with E-state index in [0.717, 1.165) is 17.5 Å². The summed E-state index contributed by atoms with van der Waals surface area (Å²) in [5, 5.41) is 3.75. The molecule has 0 atom stereocenters. The first kappa shape index (κ1) is 19.5. The molecule has 0 aliphatic heterocycles. The largest absolute Gasteiger partial charge is 0.436 e. The van der Waals surface area contributed by atoms with Crippen molar-refractivity contribution < 1.29 is 9.21 Å². The molecule has 4 aromatic rings. The molecule has 0 bridgehead atoms. The first-order valence-electron chi connectivity index (χ1n) is 9.21. The molecule has 3 aromatic carbocycles. The van der Waals surface area contributed by atoms with Crippen molar-refractivity contribution in [1.82, 2.24) is 4.98 Å². The van der Waals surface area contributed by atoms with E-state index >= 15 is 0 Å². The Kier molecular flexibility index (Phi) is 5.31. The molecular weight excluding hydrogens is 407 g/mol. The topological polar surface area (TPSA) is 55.1 Å². The van der Waals surface area contributed by atoms with Crippen molar-refractivity contribution in [3.05, 3.63) is 81.3 Å². The summed E-state index contributed by atoms with van der Waals surface area (Å²) in [7, 11) is 0. The Morgan fingerprint density at radius 2 is 1.86 bits per heavy atom. The highest BCUT2D eigenvalue weighted by Crippen LogP contribution is 2.33. The van der Waals surface area contributed by atoms with Crippen LogP contribution in [0.25, 0.3) is 22.6 Å². The minimum absolute atomic E-state index is 0.298. The third-order valence-electron chi connectivity index (χ3n) is 4.68. The zero-order valence-electron chi connectivity index (χ0n) is 15.9. The Balaban J connectivity index is 1.66. The van der Waals surface area contributed by atoms with Crippen molar-refractivity contribution >= 4 is 45.9 Å². The van der Waals surface area contributed by atoms with Gasteiger partial charge in [0.05, 0.1) is 21.2 Å². The number of nitrogens with zero attached hydrogens (tertiary/aromatic N) is 1. The van der Waals surface area contributed by atoms with Gasteiger partial charge in [-0.25, -0.2) is 4.98 Å². The fourth-order valence-corrected chi connectivity index (χ4v) is 3.60. The zero-order chi connectivity index (χ0) is 20.5. The molecular formula is C23H18Cl2N2O2. The zero-order valence-corrected chi connectivity index (χ0v) is 17.4. The van der Waals surface area contributed by atoms with Crippen LogP contribution in [0.2, 0.25) is 10.0 Å². The summed E-state index contributed by atoms with van der Waals surface area (Å²) in [6.45, 7) is 4.01. The van der Waals surface area contributed by atoms with Crippen molar-refractivity contribution in [1.29, 1.82) is 0 Å². The molecule has 0 aliphatic rings. The molecule has 0 radical (unpaired) electrons. The Morgan fingerprint density at radius 1 is 1.03 bits per heavy atom. The third-order valence-corrected chi connectivity index (χ3v) is 5.33. The van der Waals surface area contributed by atoms with Crippen LogP contribution in [0.15, 0.2) is 59.0 Å². The molecule has 6 heteroatoms. The highest BCUT2D eigenvalue weighted by molar-refractivity contribution is 6.34. The molecule has 4 nitrogen and oxygen atoms in total. The molecule has 0 unspecified atom stereocenters. The van der Waals surface area contributed by atoms with Crippen molar-refractivity contribution in [2.45, 2.75) is 20.3 Å². The van der Waals surface area contributed by atoms with Crippen LogP contribution in [0.4, 0.5) is 5.69 Å². The normalized spacial score (nSPS) is 11.0. The lowest BCUT2D eigenvalue weighted by atomic mass is 10.1. The number of anilines is 1. The van der Waals surface area contributed by atoms with Crippen LogP contribution >= 0.6 is 23.2 Å². The fourth-order valence-electron chi connectivity index (χ4n) is 3.08. The lowest BCUT2D eigenvalue weighted by Gasteiger charge is -2.09. The summed E-state index contributed by atoms with van der Waals surface area (Å²) in [4.78, 5) is 17.2.